The van der Waals surface area contributed by atoms with Crippen molar-refractivity contribution in [2.45, 2.75) is 49.5 Å². The zero-order valence-electron chi connectivity index (χ0n) is 22.5. The van der Waals surface area contributed by atoms with E-state index in [1.165, 1.54) is 23.2 Å². The summed E-state index contributed by atoms with van der Waals surface area (Å²) in [6, 6.07) is 1.51. The van der Waals surface area contributed by atoms with Gasteiger partial charge in [-0.05, 0) is 6.07 Å². The second kappa shape index (κ2) is 10.9. The van der Waals surface area contributed by atoms with Crippen molar-refractivity contribution in [1.82, 2.24) is 34.1 Å². The maximum Gasteiger partial charge on any atom is 0.354 e. The molecular weight excluding hydrogens is 648 g/mol. The van der Waals surface area contributed by atoms with Gasteiger partial charge >= 0.3 is 15.2 Å². The average molecular weight is 673 g/mol. The summed E-state index contributed by atoms with van der Waals surface area (Å²) >= 11 is 0. The third kappa shape index (κ3) is 5.33. The molecule has 2 bridgehead atoms. The number of nitrogens with zero attached hydrogens (tertiary/aromatic N) is 6. The predicted octanol–water partition coefficient (Wildman–Crippen LogP) is -1.74. The molecule has 7 heterocycles. The smallest absolute Gasteiger partial charge is 0.354 e. The Balaban J connectivity index is 1.21. The van der Waals surface area contributed by atoms with Crippen LogP contribution in [0.25, 0.3) is 22.3 Å². The molecule has 22 nitrogen and oxygen atoms in total. The first kappa shape index (κ1) is 30.3. The lowest BCUT2D eigenvalue weighted by Crippen LogP contribution is -2.35. The standard InChI is InChI=1S/C21H25N9O13P2/c22-7-1-2-24-14-8(7)25-3-29(14)17-10(31)13-20(40-17)39-6-44(34,35)42-12-11(32)19(38-5-45(36,37)43-13)41-18(12)30-4-26-9-15(30)27-21(23)28-16(9)33/h1-4,10-13,17-20,31-32H,5-6H2,(H2,22,24)(H,34,35)(H,36,37)(H3,23,27,28,33)/t10?,11-,12?,13-,17-,18-,19+,20+/m1/s1. The molecule has 4 unspecified atom stereocenters. The minimum Gasteiger partial charge on any atom is -0.397 e. The summed E-state index contributed by atoms with van der Waals surface area (Å²) in [4.78, 5) is 52.3. The number of aromatic amines is 1. The number of ether oxygens (including phenoxy) is 4. The van der Waals surface area contributed by atoms with Crippen molar-refractivity contribution in [2.24, 2.45) is 0 Å². The van der Waals surface area contributed by atoms with Crippen molar-refractivity contribution in [3.8, 4) is 0 Å². The van der Waals surface area contributed by atoms with Crippen molar-refractivity contribution in [3.63, 3.8) is 0 Å². The molecule has 7 rings (SSSR count). The molecule has 0 amide bonds. The summed E-state index contributed by atoms with van der Waals surface area (Å²) < 4.78 is 61.9. The summed E-state index contributed by atoms with van der Waals surface area (Å²) in [5.41, 5.74) is 11.3. The van der Waals surface area contributed by atoms with E-state index in [0.29, 0.717) is 0 Å². The molecule has 4 aromatic rings. The average Bonchev–Trinajstić information content (AvgIpc) is 3.72. The second-order valence-electron chi connectivity index (χ2n) is 10.3. The second-order valence-corrected chi connectivity index (χ2v) is 13.8. The number of imidazole rings is 2. The molecule has 3 saturated heterocycles. The number of hydrogen-bond donors (Lipinski definition) is 7. The van der Waals surface area contributed by atoms with Gasteiger partial charge in [0.1, 0.15) is 29.9 Å². The van der Waals surface area contributed by atoms with Crippen molar-refractivity contribution < 1.29 is 57.1 Å². The van der Waals surface area contributed by atoms with Crippen LogP contribution in [-0.2, 0) is 37.1 Å². The highest BCUT2D eigenvalue weighted by Crippen LogP contribution is 2.53. The number of rotatable bonds is 2. The van der Waals surface area contributed by atoms with Gasteiger partial charge in [0.25, 0.3) is 5.56 Å². The highest BCUT2D eigenvalue weighted by atomic mass is 31.2. The lowest BCUT2D eigenvalue weighted by molar-refractivity contribution is -0.174. The monoisotopic (exact) mass is 673 g/mol. The van der Waals surface area contributed by atoms with Gasteiger partial charge in [0.05, 0.1) is 18.3 Å². The molecule has 0 spiro atoms. The summed E-state index contributed by atoms with van der Waals surface area (Å²) in [7, 11) is -9.64. The van der Waals surface area contributed by atoms with Crippen LogP contribution in [0.4, 0.5) is 11.6 Å². The van der Waals surface area contributed by atoms with E-state index in [4.69, 9.17) is 39.5 Å². The van der Waals surface area contributed by atoms with Gasteiger partial charge in [-0.1, -0.05) is 0 Å². The zero-order chi connectivity index (χ0) is 31.8. The number of nitrogen functional groups attached to an aromatic ring is 2. The van der Waals surface area contributed by atoms with Crippen LogP contribution in [0.5, 0.6) is 0 Å². The third-order valence-electron chi connectivity index (χ3n) is 7.21. The van der Waals surface area contributed by atoms with Gasteiger partial charge in [0.2, 0.25) is 5.95 Å². The van der Waals surface area contributed by atoms with Gasteiger partial charge in [0.15, 0.2) is 54.5 Å². The quantitative estimate of drug-likeness (QED) is 0.116. The fourth-order valence-electron chi connectivity index (χ4n) is 5.24. The topological polar surface area (TPSA) is 317 Å². The van der Waals surface area contributed by atoms with Gasteiger partial charge in [0, 0.05) is 6.20 Å². The molecule has 10 atom stereocenters. The van der Waals surface area contributed by atoms with E-state index in [-0.39, 0.29) is 34.0 Å². The Labute approximate surface area is 249 Å². The van der Waals surface area contributed by atoms with Crippen LogP contribution in [0.2, 0.25) is 0 Å². The first-order valence-corrected chi connectivity index (χ1v) is 16.5. The first-order valence-electron chi connectivity index (χ1n) is 13.0. The van der Waals surface area contributed by atoms with Crippen molar-refractivity contribution >= 4 is 49.2 Å². The summed E-state index contributed by atoms with van der Waals surface area (Å²) in [5, 5.41) is 22.1. The maximum atomic E-state index is 13.3. The van der Waals surface area contributed by atoms with Gasteiger partial charge in [-0.25, -0.2) is 15.0 Å². The number of pyridine rings is 1. The third-order valence-corrected chi connectivity index (χ3v) is 9.30. The molecule has 0 radical (unpaired) electrons. The van der Waals surface area contributed by atoms with Gasteiger partial charge in [-0.15, -0.1) is 0 Å². The largest absolute Gasteiger partial charge is 0.397 e. The van der Waals surface area contributed by atoms with E-state index < -0.39 is 82.9 Å². The van der Waals surface area contributed by atoms with Crippen molar-refractivity contribution in [1.29, 1.82) is 0 Å². The van der Waals surface area contributed by atoms with E-state index in [0.717, 1.165) is 10.9 Å². The Kier molecular flexibility index (Phi) is 7.32. The first-order chi connectivity index (χ1) is 21.3. The molecule has 24 heteroatoms. The van der Waals surface area contributed by atoms with E-state index in [9.17, 15) is 33.9 Å². The molecule has 9 N–H and O–H groups in total. The molecule has 0 aromatic carbocycles. The van der Waals surface area contributed by atoms with Crippen molar-refractivity contribution in [2.75, 3.05) is 24.2 Å². The number of aromatic nitrogens is 7. The van der Waals surface area contributed by atoms with Crippen molar-refractivity contribution in [3.05, 3.63) is 35.3 Å². The minimum absolute atomic E-state index is 0.130. The highest BCUT2D eigenvalue weighted by molar-refractivity contribution is 7.52. The number of H-pyrrole nitrogens is 1. The number of aliphatic hydroxyl groups is 2. The Hall–Kier alpha value is -3.37. The number of nitrogens with one attached hydrogen (secondary N) is 1. The van der Waals surface area contributed by atoms with Crippen LogP contribution in [0, 0.1) is 0 Å². The Bertz CT molecular complexity index is 1930. The fraction of sp³-hybridized carbons (Fsp3) is 0.476. The Morgan fingerprint density at radius 1 is 0.844 bits per heavy atom. The van der Waals surface area contributed by atoms with E-state index in [2.05, 4.69) is 24.9 Å². The number of hydrogen-bond acceptors (Lipinski definition) is 17. The molecule has 3 aliphatic heterocycles. The molecule has 4 aromatic heterocycles. The predicted molar refractivity (Wildman–Crippen MR) is 146 cm³/mol. The summed E-state index contributed by atoms with van der Waals surface area (Å²) in [5.74, 6) is -0.283. The minimum atomic E-state index is -4.84. The lowest BCUT2D eigenvalue weighted by Gasteiger charge is -2.26. The number of nitrogens with two attached hydrogens (primary N) is 2. The maximum absolute atomic E-state index is 13.3. The lowest BCUT2D eigenvalue weighted by atomic mass is 10.2. The number of fused-ring (bicyclic) bond motifs is 5. The Morgan fingerprint density at radius 2 is 1.47 bits per heavy atom. The van der Waals surface area contributed by atoms with Crippen LogP contribution in [-0.4, -0.2) is 104 Å². The molecular formula is C21H25N9O13P2. The molecule has 0 aliphatic carbocycles. The Morgan fingerprint density at radius 3 is 2.20 bits per heavy atom. The summed E-state index contributed by atoms with van der Waals surface area (Å²) in [6.07, 6.45) is -11.7. The SMILES string of the molecule is Nc1nc2c(ncn2[C@@H]2O[C@@H]3OCP(=O)(O)O[C@@H]4C(O)[C@H](n5cnc6c(N)ccnc65)O[C@@H]4OCP(=O)(O)OC2[C@H]3O)c(=O)[nH]1. The molecule has 3 fully saturated rings. The zero-order valence-corrected chi connectivity index (χ0v) is 24.3. The summed E-state index contributed by atoms with van der Waals surface area (Å²) in [6.45, 7) is 0. The van der Waals surface area contributed by atoms with Crippen LogP contribution in [0.3, 0.4) is 0 Å². The molecule has 45 heavy (non-hydrogen) atoms. The molecule has 0 saturated carbocycles. The molecule has 3 aliphatic rings. The highest BCUT2D eigenvalue weighted by Gasteiger charge is 2.54. The van der Waals surface area contributed by atoms with Crippen LogP contribution in [0.15, 0.2) is 29.7 Å². The normalized spacial score (nSPS) is 37.7. The van der Waals surface area contributed by atoms with E-state index >= 15 is 0 Å². The van der Waals surface area contributed by atoms with Gasteiger partial charge < -0.3 is 50.4 Å². The fourth-order valence-corrected chi connectivity index (χ4v) is 7.24. The van der Waals surface area contributed by atoms with E-state index in [1.54, 1.807) is 0 Å². The van der Waals surface area contributed by atoms with Crippen LogP contribution >= 0.6 is 15.2 Å². The van der Waals surface area contributed by atoms with Gasteiger partial charge in [-0.2, -0.15) is 4.98 Å². The van der Waals surface area contributed by atoms with Crippen LogP contribution < -0.4 is 17.0 Å². The number of aliphatic hydroxyl groups excluding tert-OH is 2. The van der Waals surface area contributed by atoms with Gasteiger partial charge in [-0.3, -0.25) is 37.1 Å². The number of anilines is 2. The molecule has 242 valence electrons. The van der Waals surface area contributed by atoms with E-state index in [1.807, 2.05) is 0 Å². The van der Waals surface area contributed by atoms with Crippen LogP contribution in [0.1, 0.15) is 12.5 Å².